The molecule has 21 heavy (non-hydrogen) atoms. The number of hydrogen-bond donors (Lipinski definition) is 0. The molecular weight excluding hydrogens is 350 g/mol. The standard InChI is InChI=1S/C13H9BCl2F3O.K/c15-11-3-6-13(16)9(7-11)8-20-12-4-1-10(2-5-12)14(17,18)19;/h1-7H,8H2;/q-1;+1. The van der Waals surface area contributed by atoms with Gasteiger partial charge in [-0.1, -0.05) is 35.3 Å². The van der Waals surface area contributed by atoms with E-state index in [1.165, 1.54) is 12.1 Å². The zero-order valence-electron chi connectivity index (χ0n) is 11.1. The molecule has 0 fully saturated rings. The van der Waals surface area contributed by atoms with Crippen LogP contribution in [0.2, 0.25) is 10.0 Å². The van der Waals surface area contributed by atoms with Crippen molar-refractivity contribution in [2.24, 2.45) is 0 Å². The molecule has 0 saturated carbocycles. The summed E-state index contributed by atoms with van der Waals surface area (Å²) in [5.74, 6) is 0.338. The monoisotopic (exact) mass is 358 g/mol. The minimum absolute atomic E-state index is 0. The van der Waals surface area contributed by atoms with Crippen LogP contribution in [-0.2, 0) is 6.61 Å². The van der Waals surface area contributed by atoms with E-state index in [0.717, 1.165) is 12.1 Å². The van der Waals surface area contributed by atoms with Gasteiger partial charge in [-0.2, -0.15) is 0 Å². The normalized spacial score (nSPS) is 10.9. The summed E-state index contributed by atoms with van der Waals surface area (Å²) in [7, 11) is 0. The Morgan fingerprint density at radius 3 is 2.14 bits per heavy atom. The summed E-state index contributed by atoms with van der Waals surface area (Å²) in [4.78, 5) is 0. The maximum absolute atomic E-state index is 12.5. The average Bonchev–Trinajstić information content (AvgIpc) is 2.39. The summed E-state index contributed by atoms with van der Waals surface area (Å²) in [6, 6.07) is 9.48. The molecule has 0 heterocycles. The molecule has 0 saturated heterocycles. The van der Waals surface area contributed by atoms with Gasteiger partial charge in [-0.15, -0.1) is 5.46 Å². The van der Waals surface area contributed by atoms with Gasteiger partial charge < -0.3 is 17.7 Å². The summed E-state index contributed by atoms with van der Waals surface area (Å²) in [6.45, 7) is -4.85. The summed E-state index contributed by atoms with van der Waals surface area (Å²) in [6.07, 6.45) is 0. The first kappa shape index (κ1) is 19.4. The van der Waals surface area contributed by atoms with Gasteiger partial charge in [0.05, 0.1) is 0 Å². The zero-order chi connectivity index (χ0) is 14.8. The van der Waals surface area contributed by atoms with Crippen LogP contribution in [0.1, 0.15) is 5.56 Å². The molecular formula is C13H9BCl2F3KO. The topological polar surface area (TPSA) is 9.23 Å². The first-order valence-corrected chi connectivity index (χ1v) is 6.48. The number of benzene rings is 2. The van der Waals surface area contributed by atoms with Crippen LogP contribution in [0.15, 0.2) is 42.5 Å². The maximum atomic E-state index is 12.5. The van der Waals surface area contributed by atoms with E-state index >= 15 is 0 Å². The van der Waals surface area contributed by atoms with Gasteiger partial charge in [0.1, 0.15) is 12.4 Å². The van der Waals surface area contributed by atoms with Gasteiger partial charge in [0.2, 0.25) is 0 Å². The van der Waals surface area contributed by atoms with Crippen molar-refractivity contribution >= 4 is 35.6 Å². The smallest absolute Gasteiger partial charge is 0.489 e. The Morgan fingerprint density at radius 1 is 0.952 bits per heavy atom. The summed E-state index contributed by atoms with van der Waals surface area (Å²) in [5.41, 5.74) is 0.0152. The molecule has 2 aromatic rings. The van der Waals surface area contributed by atoms with Gasteiger partial charge in [0.15, 0.2) is 0 Å². The van der Waals surface area contributed by atoms with Crippen molar-refractivity contribution in [3.63, 3.8) is 0 Å². The second-order valence-corrected chi connectivity index (χ2v) is 5.01. The van der Waals surface area contributed by atoms with Gasteiger partial charge in [0.25, 0.3) is 0 Å². The number of rotatable bonds is 4. The Kier molecular flexibility index (Phi) is 7.60. The third-order valence-electron chi connectivity index (χ3n) is 2.66. The van der Waals surface area contributed by atoms with E-state index < -0.39 is 12.4 Å². The van der Waals surface area contributed by atoms with Gasteiger partial charge in [-0.3, -0.25) is 0 Å². The van der Waals surface area contributed by atoms with Crippen LogP contribution in [0, 0.1) is 0 Å². The number of hydrogen-bond acceptors (Lipinski definition) is 1. The van der Waals surface area contributed by atoms with E-state index in [4.69, 9.17) is 27.9 Å². The second-order valence-electron chi connectivity index (χ2n) is 4.17. The predicted octanol–water partition coefficient (Wildman–Crippen LogP) is 1.63. The molecule has 2 aromatic carbocycles. The van der Waals surface area contributed by atoms with E-state index in [0.29, 0.717) is 21.4 Å². The Hall–Kier alpha value is 0.311. The predicted molar refractivity (Wildman–Crippen MR) is 75.9 cm³/mol. The molecule has 0 amide bonds. The van der Waals surface area contributed by atoms with E-state index in [1.807, 2.05) is 0 Å². The fourth-order valence-corrected chi connectivity index (χ4v) is 1.96. The second kappa shape index (κ2) is 8.24. The van der Waals surface area contributed by atoms with E-state index in [9.17, 15) is 12.9 Å². The molecule has 0 aliphatic carbocycles. The van der Waals surface area contributed by atoms with Crippen molar-refractivity contribution in [1.82, 2.24) is 0 Å². The van der Waals surface area contributed by atoms with Gasteiger partial charge in [-0.05, 0) is 30.3 Å². The molecule has 0 radical (unpaired) electrons. The van der Waals surface area contributed by atoms with Crippen LogP contribution in [0.3, 0.4) is 0 Å². The van der Waals surface area contributed by atoms with E-state index in [1.54, 1.807) is 18.2 Å². The van der Waals surface area contributed by atoms with Crippen LogP contribution in [0.4, 0.5) is 12.9 Å². The van der Waals surface area contributed by atoms with Crippen molar-refractivity contribution in [1.29, 1.82) is 0 Å². The molecule has 0 atom stereocenters. The molecule has 0 bridgehead atoms. The molecule has 1 nitrogen and oxygen atoms in total. The third-order valence-corrected chi connectivity index (χ3v) is 3.26. The largest absolute Gasteiger partial charge is 1.00 e. The van der Waals surface area contributed by atoms with Crippen LogP contribution in [0.5, 0.6) is 5.75 Å². The maximum Gasteiger partial charge on any atom is 1.00 e. The van der Waals surface area contributed by atoms with E-state index in [-0.39, 0.29) is 58.0 Å². The fourth-order valence-electron chi connectivity index (χ4n) is 1.60. The first-order chi connectivity index (χ1) is 9.36. The average molecular weight is 359 g/mol. The minimum atomic E-state index is -4.98. The van der Waals surface area contributed by atoms with Gasteiger partial charge >= 0.3 is 58.4 Å². The zero-order valence-corrected chi connectivity index (χ0v) is 15.8. The molecule has 0 N–H and O–H groups in total. The number of halogens is 5. The summed E-state index contributed by atoms with van der Waals surface area (Å²) >= 11 is 11.8. The Morgan fingerprint density at radius 2 is 1.57 bits per heavy atom. The first-order valence-electron chi connectivity index (χ1n) is 5.73. The van der Waals surface area contributed by atoms with Crippen molar-refractivity contribution in [2.75, 3.05) is 0 Å². The van der Waals surface area contributed by atoms with Crippen molar-refractivity contribution in [3.8, 4) is 5.75 Å². The molecule has 8 heteroatoms. The Labute approximate surface area is 173 Å². The van der Waals surface area contributed by atoms with Gasteiger partial charge in [0, 0.05) is 15.6 Å². The molecule has 2 rings (SSSR count). The van der Waals surface area contributed by atoms with Crippen molar-refractivity contribution in [3.05, 3.63) is 58.1 Å². The molecule has 0 unspecified atom stereocenters. The summed E-state index contributed by atoms with van der Waals surface area (Å²) in [5, 5.41) is 1.01. The van der Waals surface area contributed by atoms with Crippen LogP contribution in [-0.4, -0.2) is 6.98 Å². The third kappa shape index (κ3) is 5.78. The van der Waals surface area contributed by atoms with Crippen molar-refractivity contribution in [2.45, 2.75) is 6.61 Å². The molecule has 0 aliphatic heterocycles. The van der Waals surface area contributed by atoms with Crippen LogP contribution >= 0.6 is 23.2 Å². The molecule has 0 aliphatic rings. The Balaban J connectivity index is 0.00000220. The van der Waals surface area contributed by atoms with E-state index in [2.05, 4.69) is 0 Å². The quantitative estimate of drug-likeness (QED) is 0.755. The Bertz CT molecular complexity index is 605. The summed E-state index contributed by atoms with van der Waals surface area (Å²) < 4.78 is 42.8. The number of ether oxygens (including phenoxy) is 1. The molecule has 0 spiro atoms. The fraction of sp³-hybridized carbons (Fsp3) is 0.0769. The minimum Gasteiger partial charge on any atom is -0.489 e. The van der Waals surface area contributed by atoms with Crippen LogP contribution < -0.4 is 61.6 Å². The molecule has 0 aromatic heterocycles. The SMILES string of the molecule is F[B-](F)(F)c1ccc(OCc2cc(Cl)ccc2Cl)cc1.[K+]. The molecule has 106 valence electrons. The van der Waals surface area contributed by atoms with Crippen LogP contribution in [0.25, 0.3) is 0 Å². The van der Waals surface area contributed by atoms with Gasteiger partial charge in [-0.25, -0.2) is 0 Å². The van der Waals surface area contributed by atoms with Crippen molar-refractivity contribution < 1.29 is 69.1 Å².